The Labute approximate surface area is 194 Å². The van der Waals surface area contributed by atoms with E-state index >= 15 is 0 Å². The van der Waals surface area contributed by atoms with Crippen LogP contribution < -0.4 is 15.5 Å². The van der Waals surface area contributed by atoms with Crippen LogP contribution in [-0.2, 0) is 4.79 Å². The fourth-order valence-corrected chi connectivity index (χ4v) is 4.08. The Hall–Kier alpha value is -3.77. The Morgan fingerprint density at radius 3 is 2.76 bits per heavy atom. The summed E-state index contributed by atoms with van der Waals surface area (Å²) in [7, 11) is -1.43. The van der Waals surface area contributed by atoms with E-state index in [2.05, 4.69) is 73.4 Å². The van der Waals surface area contributed by atoms with Crippen molar-refractivity contribution in [2.75, 3.05) is 28.6 Å². The van der Waals surface area contributed by atoms with Crippen LogP contribution in [0.25, 0.3) is 10.8 Å². The molecule has 4 rings (SSSR count). The topological polar surface area (TPSA) is 95.9 Å². The van der Waals surface area contributed by atoms with Crippen molar-refractivity contribution in [1.29, 1.82) is 0 Å². The van der Waals surface area contributed by atoms with Crippen LogP contribution in [-0.4, -0.2) is 53.3 Å². The smallest absolute Gasteiger partial charge is 0.247 e. The van der Waals surface area contributed by atoms with Crippen LogP contribution in [0.5, 0.6) is 0 Å². The second-order valence-electron chi connectivity index (χ2n) is 9.03. The number of carbonyl (C=O) groups excluding carboxylic acids is 1. The van der Waals surface area contributed by atoms with E-state index in [1.807, 2.05) is 18.2 Å². The molecular weight excluding hydrogens is 430 g/mol. The summed E-state index contributed by atoms with van der Waals surface area (Å²) in [6.07, 6.45) is 7.43. The van der Waals surface area contributed by atoms with Crippen molar-refractivity contribution in [3.63, 3.8) is 0 Å². The highest BCUT2D eigenvalue weighted by Gasteiger charge is 2.25. The molecule has 0 spiro atoms. The number of amides is 1. The van der Waals surface area contributed by atoms with Gasteiger partial charge in [-0.2, -0.15) is 5.10 Å². The number of nitrogens with one attached hydrogen (secondary N) is 2. The molecule has 1 amide bonds. The molecule has 168 valence electrons. The summed E-state index contributed by atoms with van der Waals surface area (Å²) >= 11 is 0. The number of aromatic nitrogens is 4. The molecule has 0 unspecified atom stereocenters. The minimum absolute atomic E-state index is 0.201. The van der Waals surface area contributed by atoms with E-state index in [1.165, 1.54) is 6.08 Å². The summed E-state index contributed by atoms with van der Waals surface area (Å²) in [5, 5.41) is 16.7. The molecule has 1 fully saturated rings. The van der Waals surface area contributed by atoms with Crippen LogP contribution in [0.2, 0.25) is 19.6 Å². The van der Waals surface area contributed by atoms with E-state index in [0.717, 1.165) is 41.7 Å². The Bertz CT molecular complexity index is 1240. The van der Waals surface area contributed by atoms with Crippen molar-refractivity contribution in [3.05, 3.63) is 55.0 Å². The maximum absolute atomic E-state index is 11.6. The Kier molecular flexibility index (Phi) is 6.37. The molecule has 3 heterocycles. The first kappa shape index (κ1) is 22.4. The number of nitrogens with zero attached hydrogens (tertiary/aromatic N) is 5. The first-order valence-electron chi connectivity index (χ1n) is 10.9. The molecule has 2 N–H and O–H groups in total. The van der Waals surface area contributed by atoms with Gasteiger partial charge in [-0.05, 0) is 30.7 Å². The highest BCUT2D eigenvalue weighted by Crippen LogP contribution is 2.29. The minimum atomic E-state index is -1.43. The molecule has 8 nitrogen and oxygen atoms in total. The summed E-state index contributed by atoms with van der Waals surface area (Å²) in [5.41, 5.74) is 4.86. The van der Waals surface area contributed by atoms with Crippen molar-refractivity contribution >= 4 is 42.2 Å². The first-order valence-corrected chi connectivity index (χ1v) is 14.4. The predicted molar refractivity (Wildman–Crippen MR) is 135 cm³/mol. The molecule has 0 radical (unpaired) electrons. The number of carbonyl (C=O) groups is 1. The average Bonchev–Trinajstić information content (AvgIpc) is 3.25. The van der Waals surface area contributed by atoms with Crippen LogP contribution in [0.4, 0.5) is 17.5 Å². The molecule has 1 saturated heterocycles. The van der Waals surface area contributed by atoms with Crippen molar-refractivity contribution in [2.45, 2.75) is 32.1 Å². The number of anilines is 3. The number of hydrogen-bond donors (Lipinski definition) is 2. The van der Waals surface area contributed by atoms with Crippen molar-refractivity contribution in [1.82, 2.24) is 20.2 Å². The third-order valence-corrected chi connectivity index (χ3v) is 6.02. The van der Waals surface area contributed by atoms with E-state index in [-0.39, 0.29) is 11.9 Å². The highest BCUT2D eigenvalue weighted by atomic mass is 28.3. The number of hydrogen-bond acceptors (Lipinski definition) is 7. The summed E-state index contributed by atoms with van der Waals surface area (Å²) in [6, 6.07) is 5.91. The quantitative estimate of drug-likeness (QED) is 0.344. The SMILES string of the molecule is C=CC(=O)Nc1ccc2c(N3CC[C@@H](Nc4ncc(C#C[Si](C)(C)C)cn4)C3)nncc2c1. The van der Waals surface area contributed by atoms with E-state index in [0.29, 0.717) is 11.6 Å². The summed E-state index contributed by atoms with van der Waals surface area (Å²) in [5.74, 6) is 4.36. The summed E-state index contributed by atoms with van der Waals surface area (Å²) in [6.45, 7) is 11.7. The van der Waals surface area contributed by atoms with Crippen LogP contribution in [0, 0.1) is 11.5 Å². The molecule has 1 aliphatic heterocycles. The molecule has 0 saturated carbocycles. The standard InChI is InChI=1S/C24H27N7OSi/c1-5-22(32)28-19-6-7-21-18(12-19)15-27-30-23(21)31-10-8-20(16-31)29-24-25-13-17(14-26-24)9-11-33(2,3)4/h5-7,12-15,20H,1,8,10,16H2,2-4H3,(H,28,32)(H,25,26,29)/t20-/m1/s1. The molecule has 1 aliphatic rings. The van der Waals surface area contributed by atoms with Gasteiger partial charge in [0.2, 0.25) is 11.9 Å². The second-order valence-corrected chi connectivity index (χ2v) is 13.8. The van der Waals surface area contributed by atoms with Crippen LogP contribution in [0.3, 0.4) is 0 Å². The van der Waals surface area contributed by atoms with Gasteiger partial charge in [0.15, 0.2) is 5.82 Å². The maximum Gasteiger partial charge on any atom is 0.247 e. The summed E-state index contributed by atoms with van der Waals surface area (Å²) < 4.78 is 0. The monoisotopic (exact) mass is 457 g/mol. The zero-order chi connectivity index (χ0) is 23.4. The van der Waals surface area contributed by atoms with Crippen molar-refractivity contribution in [3.8, 4) is 11.5 Å². The van der Waals surface area contributed by atoms with Gasteiger partial charge in [-0.25, -0.2) is 9.97 Å². The lowest BCUT2D eigenvalue weighted by Crippen LogP contribution is -2.27. The van der Waals surface area contributed by atoms with Gasteiger partial charge in [0.1, 0.15) is 8.07 Å². The van der Waals surface area contributed by atoms with Crippen molar-refractivity contribution in [2.24, 2.45) is 0 Å². The molecule has 2 aromatic heterocycles. The number of benzene rings is 1. The average molecular weight is 458 g/mol. The Morgan fingerprint density at radius 1 is 1.24 bits per heavy atom. The van der Waals surface area contributed by atoms with Gasteiger partial charge in [0, 0.05) is 48.0 Å². The zero-order valence-electron chi connectivity index (χ0n) is 19.1. The minimum Gasteiger partial charge on any atom is -0.352 e. The van der Waals surface area contributed by atoms with Gasteiger partial charge >= 0.3 is 0 Å². The summed E-state index contributed by atoms with van der Waals surface area (Å²) in [4.78, 5) is 22.7. The van der Waals surface area contributed by atoms with Gasteiger partial charge in [0.25, 0.3) is 0 Å². The van der Waals surface area contributed by atoms with E-state index in [1.54, 1.807) is 18.6 Å². The number of rotatable bonds is 5. The van der Waals surface area contributed by atoms with Gasteiger partial charge in [0.05, 0.1) is 11.8 Å². The molecule has 0 bridgehead atoms. The van der Waals surface area contributed by atoms with Crippen LogP contribution in [0.1, 0.15) is 12.0 Å². The Morgan fingerprint density at radius 2 is 2.03 bits per heavy atom. The van der Waals surface area contributed by atoms with Gasteiger partial charge in [-0.15, -0.1) is 10.6 Å². The van der Waals surface area contributed by atoms with Gasteiger partial charge < -0.3 is 15.5 Å². The third kappa shape index (κ3) is 5.73. The van der Waals surface area contributed by atoms with E-state index < -0.39 is 8.07 Å². The lowest BCUT2D eigenvalue weighted by Gasteiger charge is -2.19. The second kappa shape index (κ2) is 9.38. The zero-order valence-corrected chi connectivity index (χ0v) is 20.1. The fraction of sp³-hybridized carbons (Fsp3) is 0.292. The van der Waals surface area contributed by atoms with Crippen LogP contribution >= 0.6 is 0 Å². The Balaban J connectivity index is 1.44. The third-order valence-electron chi connectivity index (χ3n) is 5.15. The maximum atomic E-state index is 11.6. The predicted octanol–water partition coefficient (Wildman–Crippen LogP) is 3.46. The van der Waals surface area contributed by atoms with Crippen LogP contribution in [0.15, 0.2) is 49.4 Å². The van der Waals surface area contributed by atoms with Gasteiger partial charge in [-0.1, -0.05) is 32.1 Å². The molecule has 9 heteroatoms. The lowest BCUT2D eigenvalue weighted by molar-refractivity contribution is -0.111. The molecule has 1 atom stereocenters. The van der Waals surface area contributed by atoms with E-state index in [9.17, 15) is 4.79 Å². The molecule has 0 aliphatic carbocycles. The fourth-order valence-electron chi connectivity index (χ4n) is 3.56. The molecule has 3 aromatic rings. The largest absolute Gasteiger partial charge is 0.352 e. The molecule has 33 heavy (non-hydrogen) atoms. The molecular formula is C24H27N7OSi. The lowest BCUT2D eigenvalue weighted by atomic mass is 10.1. The normalized spacial score (nSPS) is 15.6. The first-order chi connectivity index (χ1) is 15.8. The van der Waals surface area contributed by atoms with E-state index in [4.69, 9.17) is 0 Å². The number of fused-ring (bicyclic) bond motifs is 1. The van der Waals surface area contributed by atoms with Gasteiger partial charge in [-0.3, -0.25) is 4.79 Å². The highest BCUT2D eigenvalue weighted by molar-refractivity contribution is 6.83. The molecule has 1 aromatic carbocycles. The van der Waals surface area contributed by atoms with Crippen molar-refractivity contribution < 1.29 is 4.79 Å².